The Bertz CT molecular complexity index is 561. The van der Waals surface area contributed by atoms with Crippen LogP contribution in [0.1, 0.15) is 60.3 Å². The van der Waals surface area contributed by atoms with Gasteiger partial charge < -0.3 is 29.8 Å². The van der Waals surface area contributed by atoms with Gasteiger partial charge >= 0.3 is 24.2 Å². The van der Waals surface area contributed by atoms with Crippen molar-refractivity contribution in [3.63, 3.8) is 0 Å². The molecule has 10 nitrogen and oxygen atoms in total. The largest absolute Gasteiger partial charge is 0.464 e. The Morgan fingerprint density at radius 3 is 2.14 bits per heavy atom. The molecule has 1 aliphatic rings. The lowest BCUT2D eigenvalue weighted by Gasteiger charge is -2.29. The van der Waals surface area contributed by atoms with Crippen molar-refractivity contribution in [1.82, 2.24) is 5.32 Å². The third-order valence-corrected chi connectivity index (χ3v) is 3.59. The Balaban J connectivity index is 0.000000828. The molecule has 29 heavy (non-hydrogen) atoms. The predicted molar refractivity (Wildman–Crippen MR) is 104 cm³/mol. The molecule has 0 heterocycles. The van der Waals surface area contributed by atoms with Gasteiger partial charge in [-0.1, -0.05) is 0 Å². The van der Waals surface area contributed by atoms with Crippen LogP contribution in [0.3, 0.4) is 0 Å². The molecule has 0 aliphatic heterocycles. The van der Waals surface area contributed by atoms with Gasteiger partial charge in [-0.05, 0) is 60.3 Å². The maximum Gasteiger partial charge on any atom is 0.413 e. The molecule has 1 aliphatic carbocycles. The van der Waals surface area contributed by atoms with Crippen LogP contribution in [0.5, 0.6) is 0 Å². The third-order valence-electron chi connectivity index (χ3n) is 3.59. The molecule has 1 saturated carbocycles. The highest BCUT2D eigenvalue weighted by Gasteiger charge is 2.25. The van der Waals surface area contributed by atoms with Gasteiger partial charge in [-0.3, -0.25) is 0 Å². The monoisotopic (exact) mass is 415 g/mol. The molecule has 0 bridgehead atoms. The second kappa shape index (κ2) is 14.5. The molecule has 0 aromatic rings. The van der Waals surface area contributed by atoms with Crippen LogP contribution in [-0.4, -0.2) is 66.6 Å². The fourth-order valence-electron chi connectivity index (χ4n) is 2.46. The molecule has 1 N–H and O–H groups in total. The van der Waals surface area contributed by atoms with Crippen molar-refractivity contribution in [2.75, 3.05) is 19.8 Å². The molecule has 1 rings (SSSR count). The average molecular weight is 415 g/mol. The molecule has 0 spiro atoms. The number of rotatable bonds is 7. The maximum atomic E-state index is 11.7. The lowest BCUT2D eigenvalue weighted by Crippen LogP contribution is -2.42. The number of nitrogens with one attached hydrogen (secondary N) is 1. The standard InChI is InChI=1S/C15H27NO5.C4H6N2O2/c1-5-19-13(17)10-20-12-8-6-11(7-9-12)16-14(18)21-15(2,3)4;1-2-8-4(7)3-6-5/h11-12H,5-10H2,1-4H3,(H,16,18);3H,2H2,1H3. The van der Waals surface area contributed by atoms with E-state index in [-0.39, 0.29) is 30.8 Å². The lowest BCUT2D eigenvalue weighted by molar-refractivity contribution is -0.151. The van der Waals surface area contributed by atoms with Gasteiger partial charge in [-0.25, -0.2) is 14.4 Å². The van der Waals surface area contributed by atoms with Crippen molar-refractivity contribution >= 4 is 24.2 Å². The van der Waals surface area contributed by atoms with Crippen LogP contribution in [0.15, 0.2) is 0 Å². The van der Waals surface area contributed by atoms with Gasteiger partial charge in [-0.2, -0.15) is 4.79 Å². The Labute approximate surface area is 171 Å². The minimum atomic E-state index is -0.630. The first-order chi connectivity index (χ1) is 13.6. The van der Waals surface area contributed by atoms with Gasteiger partial charge in [0, 0.05) is 6.04 Å². The number of nitrogens with zero attached hydrogens (tertiary/aromatic N) is 2. The van der Waals surface area contributed by atoms with E-state index in [1.165, 1.54) is 0 Å². The number of esters is 2. The highest BCUT2D eigenvalue weighted by atomic mass is 16.6. The molecule has 1 fully saturated rings. The number of hydrogen-bond acceptors (Lipinski definition) is 7. The minimum Gasteiger partial charge on any atom is -0.464 e. The Kier molecular flexibility index (Phi) is 13.3. The first kappa shape index (κ1) is 26.6. The molecular formula is C19H33N3O7. The van der Waals surface area contributed by atoms with E-state index >= 15 is 0 Å². The number of ether oxygens (including phenoxy) is 4. The average Bonchev–Trinajstić information content (AvgIpc) is 2.61. The third kappa shape index (κ3) is 15.2. The quantitative estimate of drug-likeness (QED) is 0.221. The van der Waals surface area contributed by atoms with Crippen LogP contribution < -0.4 is 5.32 Å². The summed E-state index contributed by atoms with van der Waals surface area (Å²) in [5, 5.41) is 2.87. The summed E-state index contributed by atoms with van der Waals surface area (Å²) in [5.74, 6) is -0.957. The van der Waals surface area contributed by atoms with Crippen molar-refractivity contribution in [1.29, 1.82) is 0 Å². The maximum absolute atomic E-state index is 11.7. The molecular weight excluding hydrogens is 382 g/mol. The summed E-state index contributed by atoms with van der Waals surface area (Å²) in [7, 11) is 0. The molecule has 0 aromatic carbocycles. The van der Waals surface area contributed by atoms with Gasteiger partial charge in [0.15, 0.2) is 0 Å². The fraction of sp³-hybridized carbons (Fsp3) is 0.789. The topological polar surface area (TPSA) is 137 Å². The summed E-state index contributed by atoms with van der Waals surface area (Å²) in [6.45, 7) is 9.63. The summed E-state index contributed by atoms with van der Waals surface area (Å²) in [6, 6.07) is 0.113. The summed E-state index contributed by atoms with van der Waals surface area (Å²) in [6.07, 6.45) is 3.67. The van der Waals surface area contributed by atoms with E-state index in [2.05, 4.69) is 14.8 Å². The van der Waals surface area contributed by atoms with E-state index in [9.17, 15) is 14.4 Å². The van der Waals surface area contributed by atoms with Crippen LogP contribution in [0.2, 0.25) is 0 Å². The number of hydrogen-bond donors (Lipinski definition) is 1. The Morgan fingerprint density at radius 2 is 1.66 bits per heavy atom. The highest BCUT2D eigenvalue weighted by Crippen LogP contribution is 2.21. The van der Waals surface area contributed by atoms with Crippen LogP contribution in [0.4, 0.5) is 4.79 Å². The fourth-order valence-corrected chi connectivity index (χ4v) is 2.46. The normalized spacial score (nSPS) is 18.2. The van der Waals surface area contributed by atoms with Gasteiger partial charge in [0.05, 0.1) is 19.3 Å². The zero-order chi connectivity index (χ0) is 22.3. The molecule has 166 valence electrons. The molecule has 0 saturated heterocycles. The molecule has 0 atom stereocenters. The molecule has 0 radical (unpaired) electrons. The second-order valence-electron chi connectivity index (χ2n) is 7.23. The molecule has 0 aromatic heterocycles. The van der Waals surface area contributed by atoms with Crippen molar-refractivity contribution < 1.29 is 38.1 Å². The van der Waals surface area contributed by atoms with Crippen molar-refractivity contribution in [3.05, 3.63) is 5.53 Å². The van der Waals surface area contributed by atoms with Crippen molar-refractivity contribution in [2.24, 2.45) is 0 Å². The summed E-state index contributed by atoms with van der Waals surface area (Å²) in [5.41, 5.74) is 7.25. The van der Waals surface area contributed by atoms with Gasteiger partial charge in [0.1, 0.15) is 12.2 Å². The van der Waals surface area contributed by atoms with Crippen LogP contribution in [-0.2, 0) is 28.5 Å². The van der Waals surface area contributed by atoms with E-state index in [1.807, 2.05) is 20.8 Å². The molecule has 1 amide bonds. The minimum absolute atomic E-state index is 0.00265. The summed E-state index contributed by atoms with van der Waals surface area (Å²) in [4.78, 5) is 35.4. The first-order valence-corrected chi connectivity index (χ1v) is 9.72. The Hall–Kier alpha value is -2.45. The van der Waals surface area contributed by atoms with E-state index < -0.39 is 11.6 Å². The zero-order valence-electron chi connectivity index (χ0n) is 17.9. The smallest absolute Gasteiger partial charge is 0.413 e. The van der Waals surface area contributed by atoms with Crippen LogP contribution in [0.25, 0.3) is 5.53 Å². The van der Waals surface area contributed by atoms with E-state index in [4.69, 9.17) is 19.7 Å². The molecule has 0 unspecified atom stereocenters. The lowest BCUT2D eigenvalue weighted by atomic mass is 9.93. The number of carbonyl (C=O) groups excluding carboxylic acids is 3. The van der Waals surface area contributed by atoms with E-state index in [1.54, 1.807) is 13.8 Å². The first-order valence-electron chi connectivity index (χ1n) is 9.72. The van der Waals surface area contributed by atoms with Gasteiger partial charge in [0.2, 0.25) is 0 Å². The van der Waals surface area contributed by atoms with E-state index in [0.717, 1.165) is 25.7 Å². The number of carbonyl (C=O) groups is 3. The Morgan fingerprint density at radius 1 is 1.07 bits per heavy atom. The SMILES string of the molecule is CCOC(=O)C=[N+]=[N-].CCOC(=O)COC1CCC(NC(=O)OC(C)(C)C)CC1. The van der Waals surface area contributed by atoms with Gasteiger partial charge in [0.25, 0.3) is 0 Å². The van der Waals surface area contributed by atoms with Crippen LogP contribution in [0, 0.1) is 0 Å². The summed E-state index contributed by atoms with van der Waals surface area (Å²) < 4.78 is 19.9. The van der Waals surface area contributed by atoms with Gasteiger partial charge in [-0.15, -0.1) is 0 Å². The number of alkyl carbamates (subject to hydrolysis) is 1. The molecule has 10 heteroatoms. The van der Waals surface area contributed by atoms with Crippen molar-refractivity contribution in [3.8, 4) is 0 Å². The van der Waals surface area contributed by atoms with Crippen molar-refractivity contribution in [2.45, 2.75) is 78.0 Å². The summed E-state index contributed by atoms with van der Waals surface area (Å²) >= 11 is 0. The zero-order valence-corrected chi connectivity index (χ0v) is 17.9. The number of amides is 1. The van der Waals surface area contributed by atoms with Crippen LogP contribution >= 0.6 is 0 Å². The second-order valence-corrected chi connectivity index (χ2v) is 7.23. The highest BCUT2D eigenvalue weighted by molar-refractivity contribution is 6.20. The predicted octanol–water partition coefficient (Wildman–Crippen LogP) is 2.25. The van der Waals surface area contributed by atoms with E-state index in [0.29, 0.717) is 19.4 Å².